The van der Waals surface area contributed by atoms with Crippen LogP contribution in [0, 0.1) is 0 Å². The van der Waals surface area contributed by atoms with Crippen LogP contribution in [0.25, 0.3) is 55.0 Å². The van der Waals surface area contributed by atoms with Crippen LogP contribution in [0.2, 0.25) is 0 Å². The van der Waals surface area contributed by atoms with Crippen LogP contribution in [-0.4, -0.2) is 0 Å². The van der Waals surface area contributed by atoms with Crippen molar-refractivity contribution in [3.05, 3.63) is 217 Å². The summed E-state index contributed by atoms with van der Waals surface area (Å²) in [5.41, 5.74) is 15.3. The van der Waals surface area contributed by atoms with E-state index in [-0.39, 0.29) is 5.41 Å². The molecular weight excluding hydrogens is 705 g/mol. The van der Waals surface area contributed by atoms with E-state index in [0.29, 0.717) is 0 Å². The largest absolute Gasteiger partial charge is 0.454 e. The van der Waals surface area contributed by atoms with E-state index in [1.54, 1.807) is 0 Å². The Balaban J connectivity index is 1.19. The lowest BCUT2D eigenvalue weighted by atomic mass is 9.73. The first-order valence-corrected chi connectivity index (χ1v) is 20.0. The summed E-state index contributed by atoms with van der Waals surface area (Å²) in [7, 11) is 0. The molecule has 3 nitrogen and oxygen atoms in total. The molecular formula is C55H40N2O. The second kappa shape index (κ2) is 13.4. The molecule has 2 heterocycles. The van der Waals surface area contributed by atoms with Crippen molar-refractivity contribution in [1.82, 2.24) is 0 Å². The summed E-state index contributed by atoms with van der Waals surface area (Å²) in [4.78, 5) is 4.90. The number of hydrogen-bond acceptors (Lipinski definition) is 3. The molecule has 0 spiro atoms. The van der Waals surface area contributed by atoms with Crippen molar-refractivity contribution < 1.29 is 4.42 Å². The Kier molecular flexibility index (Phi) is 7.84. The highest BCUT2D eigenvalue weighted by atomic mass is 16.3. The van der Waals surface area contributed by atoms with Crippen LogP contribution < -0.4 is 9.80 Å². The molecule has 0 fully saturated rings. The predicted octanol–water partition coefficient (Wildman–Crippen LogP) is 15.7. The van der Waals surface area contributed by atoms with Gasteiger partial charge in [0.1, 0.15) is 5.58 Å². The monoisotopic (exact) mass is 744 g/mol. The predicted molar refractivity (Wildman–Crippen MR) is 244 cm³/mol. The molecule has 0 amide bonds. The number of para-hydroxylation sites is 3. The lowest BCUT2D eigenvalue weighted by Gasteiger charge is -2.43. The van der Waals surface area contributed by atoms with E-state index in [2.05, 4.69) is 224 Å². The zero-order chi connectivity index (χ0) is 38.8. The summed E-state index contributed by atoms with van der Waals surface area (Å²) in [6.07, 6.45) is 0. The minimum atomic E-state index is -0.265. The number of anilines is 6. The molecule has 0 saturated heterocycles. The van der Waals surface area contributed by atoms with Crippen LogP contribution in [-0.2, 0) is 5.41 Å². The lowest BCUT2D eigenvalue weighted by Crippen LogP contribution is -2.31. The van der Waals surface area contributed by atoms with Gasteiger partial charge in [-0.15, -0.1) is 0 Å². The van der Waals surface area contributed by atoms with Crippen molar-refractivity contribution in [3.8, 4) is 22.3 Å². The molecule has 3 heteroatoms. The summed E-state index contributed by atoms with van der Waals surface area (Å²) in [6, 6.07) is 74.4. The van der Waals surface area contributed by atoms with Gasteiger partial charge in [-0.05, 0) is 75.7 Å². The molecule has 0 atom stereocenters. The normalized spacial score (nSPS) is 13.1. The molecule has 11 rings (SSSR count). The Labute approximate surface area is 338 Å². The molecule has 0 unspecified atom stereocenters. The zero-order valence-corrected chi connectivity index (χ0v) is 32.4. The van der Waals surface area contributed by atoms with Gasteiger partial charge in [0.05, 0.1) is 22.7 Å². The fraction of sp³-hybridized carbons (Fsp3) is 0.0545. The molecule has 1 aliphatic rings. The van der Waals surface area contributed by atoms with E-state index in [4.69, 9.17) is 4.42 Å². The third-order valence-electron chi connectivity index (χ3n) is 12.0. The van der Waals surface area contributed by atoms with E-state index >= 15 is 0 Å². The molecule has 10 aromatic rings. The molecule has 9 aromatic carbocycles. The molecule has 1 aromatic heterocycles. The fourth-order valence-electron chi connectivity index (χ4n) is 9.20. The van der Waals surface area contributed by atoms with Crippen LogP contribution in [0.4, 0.5) is 34.1 Å². The van der Waals surface area contributed by atoms with Gasteiger partial charge in [0, 0.05) is 38.5 Å². The molecule has 0 radical (unpaired) electrons. The second-order valence-corrected chi connectivity index (χ2v) is 15.7. The molecule has 0 bridgehead atoms. The molecule has 276 valence electrons. The first kappa shape index (κ1) is 33.9. The number of nitrogens with zero attached hydrogens (tertiary/aromatic N) is 2. The van der Waals surface area contributed by atoms with Gasteiger partial charge in [0.15, 0.2) is 5.58 Å². The van der Waals surface area contributed by atoms with Crippen LogP contribution in [0.15, 0.2) is 211 Å². The maximum absolute atomic E-state index is 6.74. The summed E-state index contributed by atoms with van der Waals surface area (Å²) in [5, 5.41) is 4.61. The standard InChI is InChI=1S/C55H40N2O/c1-55(2)47-24-12-13-25-49(47)57(53-43-21-10-9-20-40(43)30-34-44(53)39-18-7-4-8-19-39)51-36-42(33-35-48(51)55)56(41-31-28-38(29-32-41)37-16-5-3-6-17-37)50-26-15-23-46-45-22-11-14-27-52(45)58-54(46)50/h3-36H,1-2H3. The van der Waals surface area contributed by atoms with Gasteiger partial charge in [-0.2, -0.15) is 0 Å². The average Bonchev–Trinajstić information content (AvgIpc) is 3.67. The Morgan fingerprint density at radius 1 is 0.448 bits per heavy atom. The van der Waals surface area contributed by atoms with Crippen LogP contribution in [0.5, 0.6) is 0 Å². The van der Waals surface area contributed by atoms with Crippen molar-refractivity contribution in [2.45, 2.75) is 19.3 Å². The topological polar surface area (TPSA) is 19.6 Å². The van der Waals surface area contributed by atoms with E-state index in [1.807, 2.05) is 6.07 Å². The number of rotatable bonds is 6. The van der Waals surface area contributed by atoms with Gasteiger partial charge >= 0.3 is 0 Å². The van der Waals surface area contributed by atoms with Crippen molar-refractivity contribution in [3.63, 3.8) is 0 Å². The highest BCUT2D eigenvalue weighted by Gasteiger charge is 2.38. The number of hydrogen-bond donors (Lipinski definition) is 0. The van der Waals surface area contributed by atoms with Crippen molar-refractivity contribution in [2.24, 2.45) is 0 Å². The molecule has 58 heavy (non-hydrogen) atoms. The summed E-state index contributed by atoms with van der Waals surface area (Å²) in [5.74, 6) is 0. The summed E-state index contributed by atoms with van der Waals surface area (Å²) >= 11 is 0. The molecule has 0 N–H and O–H groups in total. The third-order valence-corrected chi connectivity index (χ3v) is 12.0. The van der Waals surface area contributed by atoms with E-state index < -0.39 is 0 Å². The SMILES string of the molecule is CC1(C)c2ccccc2N(c2c(-c3ccccc3)ccc3ccccc23)c2cc(N(c3ccc(-c4ccccc4)cc3)c3cccc4c3oc3ccccc34)ccc21. The first-order valence-electron chi connectivity index (χ1n) is 20.0. The molecule has 0 saturated carbocycles. The van der Waals surface area contributed by atoms with Crippen LogP contribution >= 0.6 is 0 Å². The Morgan fingerprint density at radius 2 is 1.07 bits per heavy atom. The van der Waals surface area contributed by atoms with Gasteiger partial charge in [0.2, 0.25) is 0 Å². The lowest BCUT2D eigenvalue weighted by molar-refractivity contribution is 0.632. The third kappa shape index (κ3) is 5.35. The van der Waals surface area contributed by atoms with Gasteiger partial charge in [0.25, 0.3) is 0 Å². The first-order chi connectivity index (χ1) is 28.5. The van der Waals surface area contributed by atoms with Gasteiger partial charge in [-0.25, -0.2) is 0 Å². The number of fused-ring (bicyclic) bond motifs is 6. The van der Waals surface area contributed by atoms with Crippen LogP contribution in [0.1, 0.15) is 25.0 Å². The van der Waals surface area contributed by atoms with Crippen molar-refractivity contribution >= 4 is 66.8 Å². The second-order valence-electron chi connectivity index (χ2n) is 15.7. The van der Waals surface area contributed by atoms with E-state index in [9.17, 15) is 0 Å². The summed E-state index contributed by atoms with van der Waals surface area (Å²) < 4.78 is 6.74. The van der Waals surface area contributed by atoms with Crippen LogP contribution in [0.3, 0.4) is 0 Å². The van der Waals surface area contributed by atoms with E-state index in [0.717, 1.165) is 44.7 Å². The fourth-order valence-corrected chi connectivity index (χ4v) is 9.20. The van der Waals surface area contributed by atoms with Gasteiger partial charge in [-0.3, -0.25) is 0 Å². The number of furan rings is 1. The minimum Gasteiger partial charge on any atom is -0.454 e. The van der Waals surface area contributed by atoms with Crippen molar-refractivity contribution in [2.75, 3.05) is 9.80 Å². The molecule has 0 aliphatic carbocycles. The quantitative estimate of drug-likeness (QED) is 0.169. The zero-order valence-electron chi connectivity index (χ0n) is 32.4. The van der Waals surface area contributed by atoms with E-state index in [1.165, 1.54) is 55.5 Å². The Bertz CT molecular complexity index is 3140. The number of benzene rings is 9. The van der Waals surface area contributed by atoms with Gasteiger partial charge in [-0.1, -0.05) is 178 Å². The Morgan fingerprint density at radius 3 is 1.88 bits per heavy atom. The molecule has 1 aliphatic heterocycles. The average molecular weight is 745 g/mol. The maximum Gasteiger partial charge on any atom is 0.159 e. The minimum absolute atomic E-state index is 0.265. The Hall–Kier alpha value is -7.36. The highest BCUT2D eigenvalue weighted by Crippen LogP contribution is 2.56. The van der Waals surface area contributed by atoms with Crippen molar-refractivity contribution in [1.29, 1.82) is 0 Å². The van der Waals surface area contributed by atoms with Gasteiger partial charge < -0.3 is 14.2 Å². The highest BCUT2D eigenvalue weighted by molar-refractivity contribution is 6.11. The summed E-state index contributed by atoms with van der Waals surface area (Å²) in [6.45, 7) is 4.72. The smallest absolute Gasteiger partial charge is 0.159 e. The maximum atomic E-state index is 6.74.